The highest BCUT2D eigenvalue weighted by Crippen LogP contribution is 2.64. The molecule has 1 saturated carbocycles. The number of carbonyl (C=O) groups is 1. The minimum atomic E-state index is -0.975. The van der Waals surface area contributed by atoms with Crippen molar-refractivity contribution >= 4 is 45.6 Å². The number of alkyl halides is 2. The fraction of sp³-hybridized carbons (Fsp3) is 0.375. The van der Waals surface area contributed by atoms with Crippen LogP contribution in [-0.4, -0.2) is 21.8 Å². The van der Waals surface area contributed by atoms with Crippen LogP contribution in [0.25, 0.3) is 11.3 Å². The number of thiazole rings is 1. The summed E-state index contributed by atoms with van der Waals surface area (Å²) in [6.45, 7) is 2.49. The number of aromatic nitrogens is 1. The molecule has 2 aliphatic rings. The van der Waals surface area contributed by atoms with Crippen LogP contribution in [0, 0.1) is 5.41 Å². The number of amides is 1. The Kier molecular flexibility index (Phi) is 3.38. The van der Waals surface area contributed by atoms with Gasteiger partial charge < -0.3 is 10.1 Å². The van der Waals surface area contributed by atoms with Gasteiger partial charge in [0.25, 0.3) is 0 Å². The molecule has 7 heteroatoms. The number of hydrogen-bond acceptors (Lipinski definition) is 4. The lowest BCUT2D eigenvalue weighted by molar-refractivity contribution is -0.120. The first kappa shape index (κ1) is 15.2. The number of rotatable bonds is 3. The Bertz CT molecular complexity index is 805. The molecule has 1 atom stereocenters. The van der Waals surface area contributed by atoms with Gasteiger partial charge in [-0.15, -0.1) is 34.5 Å². The van der Waals surface area contributed by atoms with Crippen LogP contribution in [0.5, 0.6) is 5.75 Å². The topological polar surface area (TPSA) is 51.2 Å². The summed E-state index contributed by atoms with van der Waals surface area (Å²) in [6.07, 6.45) is 1.38. The van der Waals surface area contributed by atoms with E-state index >= 15 is 0 Å². The summed E-state index contributed by atoms with van der Waals surface area (Å²) in [4.78, 5) is 16.8. The van der Waals surface area contributed by atoms with E-state index < -0.39 is 9.75 Å². The zero-order valence-electron chi connectivity index (χ0n) is 12.4. The highest BCUT2D eigenvalue weighted by Gasteiger charge is 2.68. The Morgan fingerprint density at radius 1 is 1.43 bits per heavy atom. The van der Waals surface area contributed by atoms with E-state index in [2.05, 4.69) is 16.4 Å². The number of nitrogens with one attached hydrogen (secondary N) is 1. The van der Waals surface area contributed by atoms with Crippen molar-refractivity contribution in [1.82, 2.24) is 4.98 Å². The summed E-state index contributed by atoms with van der Waals surface area (Å²) in [7, 11) is 0. The Morgan fingerprint density at radius 2 is 2.22 bits per heavy atom. The molecule has 23 heavy (non-hydrogen) atoms. The maximum absolute atomic E-state index is 12.3. The lowest BCUT2D eigenvalue weighted by Crippen LogP contribution is -2.25. The molecule has 1 N–H and O–H groups in total. The largest absolute Gasteiger partial charge is 0.493 e. The third kappa shape index (κ3) is 2.51. The number of benzene rings is 1. The van der Waals surface area contributed by atoms with Crippen LogP contribution < -0.4 is 10.1 Å². The molecule has 0 spiro atoms. The fourth-order valence-electron chi connectivity index (χ4n) is 2.69. The molecule has 0 unspecified atom stereocenters. The maximum atomic E-state index is 12.3. The summed E-state index contributed by atoms with van der Waals surface area (Å²) in [5.41, 5.74) is 2.31. The summed E-state index contributed by atoms with van der Waals surface area (Å²) in [5.74, 6) is 0.755. The normalized spacial score (nSPS) is 24.0. The van der Waals surface area contributed by atoms with Gasteiger partial charge in [0, 0.05) is 17.4 Å². The van der Waals surface area contributed by atoms with Gasteiger partial charge in [0.05, 0.1) is 17.7 Å². The molecular weight excluding hydrogens is 355 g/mol. The molecule has 1 amide bonds. The molecule has 1 aliphatic carbocycles. The predicted molar refractivity (Wildman–Crippen MR) is 92.5 cm³/mol. The van der Waals surface area contributed by atoms with E-state index in [1.165, 1.54) is 16.9 Å². The van der Waals surface area contributed by atoms with Gasteiger partial charge in [0.1, 0.15) is 10.1 Å². The Morgan fingerprint density at radius 3 is 2.96 bits per heavy atom. The molecule has 1 aromatic heterocycles. The first-order valence-electron chi connectivity index (χ1n) is 7.30. The molecule has 1 aliphatic heterocycles. The Hall–Kier alpha value is -1.30. The Balaban J connectivity index is 1.52. The Labute approximate surface area is 147 Å². The average Bonchev–Trinajstić information content (AvgIpc) is 2.96. The van der Waals surface area contributed by atoms with Crippen LogP contribution in [0.4, 0.5) is 5.13 Å². The van der Waals surface area contributed by atoms with Gasteiger partial charge in [-0.25, -0.2) is 4.98 Å². The van der Waals surface area contributed by atoms with Crippen LogP contribution in [0.3, 0.4) is 0 Å². The van der Waals surface area contributed by atoms with E-state index in [-0.39, 0.29) is 5.91 Å². The van der Waals surface area contributed by atoms with E-state index in [1.54, 1.807) is 6.92 Å². The highest BCUT2D eigenvalue weighted by atomic mass is 35.5. The quantitative estimate of drug-likeness (QED) is 0.823. The smallest absolute Gasteiger partial charge is 0.235 e. The molecule has 0 radical (unpaired) electrons. The van der Waals surface area contributed by atoms with Crippen LogP contribution in [0.1, 0.15) is 18.9 Å². The number of ether oxygens (including phenoxy) is 1. The van der Waals surface area contributed by atoms with E-state index in [9.17, 15) is 4.79 Å². The van der Waals surface area contributed by atoms with Gasteiger partial charge in [-0.3, -0.25) is 4.79 Å². The number of halogens is 2. The second-order valence-electron chi connectivity index (χ2n) is 6.13. The van der Waals surface area contributed by atoms with E-state index in [1.807, 2.05) is 17.5 Å². The minimum Gasteiger partial charge on any atom is -0.493 e. The van der Waals surface area contributed by atoms with Crippen molar-refractivity contribution < 1.29 is 9.53 Å². The van der Waals surface area contributed by atoms with Crippen molar-refractivity contribution in [1.29, 1.82) is 0 Å². The summed E-state index contributed by atoms with van der Waals surface area (Å²) in [6, 6.07) is 6.04. The SMILES string of the molecule is C[C@@]1(C(=O)Nc2nc(-c3ccc4c(c3)CCO4)cs2)CC1(Cl)Cl. The van der Waals surface area contributed by atoms with Crippen LogP contribution in [0.2, 0.25) is 0 Å². The fourth-order valence-corrected chi connectivity index (χ4v) is 4.11. The third-order valence-corrected chi connectivity index (χ3v) is 6.33. The molecule has 4 rings (SSSR count). The van der Waals surface area contributed by atoms with Gasteiger partial charge in [-0.05, 0) is 37.1 Å². The van der Waals surface area contributed by atoms with Crippen LogP contribution in [0.15, 0.2) is 23.6 Å². The number of hydrogen-bond donors (Lipinski definition) is 1. The van der Waals surface area contributed by atoms with Crippen molar-refractivity contribution in [2.45, 2.75) is 24.1 Å². The number of anilines is 1. The lowest BCUT2D eigenvalue weighted by Gasteiger charge is -2.10. The van der Waals surface area contributed by atoms with E-state index in [0.717, 1.165) is 30.0 Å². The summed E-state index contributed by atoms with van der Waals surface area (Å²) >= 11 is 13.5. The first-order chi connectivity index (χ1) is 10.9. The molecule has 4 nitrogen and oxygen atoms in total. The minimum absolute atomic E-state index is 0.189. The van der Waals surface area contributed by atoms with E-state index in [4.69, 9.17) is 27.9 Å². The molecule has 0 saturated heterocycles. The van der Waals surface area contributed by atoms with E-state index in [0.29, 0.717) is 11.6 Å². The standard InChI is InChI=1S/C16H14Cl2N2O2S/c1-15(8-16(15,17)18)13(21)20-14-19-11(7-23-14)9-2-3-12-10(6-9)4-5-22-12/h2-3,6-7H,4-5,8H2,1H3,(H,19,20,21)/t15-/m0/s1. The third-order valence-electron chi connectivity index (χ3n) is 4.47. The first-order valence-corrected chi connectivity index (χ1v) is 8.93. The molecule has 1 aromatic carbocycles. The molecule has 1 fully saturated rings. The van der Waals surface area contributed by atoms with Gasteiger partial charge in [-0.1, -0.05) is 0 Å². The molecule has 2 heterocycles. The molecule has 120 valence electrons. The number of carbonyl (C=O) groups excluding carboxylic acids is 1. The van der Waals surface area contributed by atoms with Crippen molar-refractivity contribution in [3.05, 3.63) is 29.1 Å². The van der Waals surface area contributed by atoms with Gasteiger partial charge in [0.2, 0.25) is 5.91 Å². The molecular formula is C16H14Cl2N2O2S. The van der Waals surface area contributed by atoms with Gasteiger partial charge in [0.15, 0.2) is 5.13 Å². The second-order valence-corrected chi connectivity index (χ2v) is 8.47. The molecule has 2 aromatic rings. The number of nitrogens with zero attached hydrogens (tertiary/aromatic N) is 1. The predicted octanol–water partition coefficient (Wildman–Crippen LogP) is 4.27. The van der Waals surface area contributed by atoms with Crippen molar-refractivity contribution in [3.63, 3.8) is 0 Å². The maximum Gasteiger partial charge on any atom is 0.235 e. The van der Waals surface area contributed by atoms with Gasteiger partial charge >= 0.3 is 0 Å². The van der Waals surface area contributed by atoms with Crippen molar-refractivity contribution in [3.8, 4) is 17.0 Å². The van der Waals surface area contributed by atoms with Crippen molar-refractivity contribution in [2.75, 3.05) is 11.9 Å². The average molecular weight is 369 g/mol. The van der Waals surface area contributed by atoms with Crippen LogP contribution in [-0.2, 0) is 11.2 Å². The zero-order chi connectivity index (χ0) is 16.2. The van der Waals surface area contributed by atoms with Crippen LogP contribution >= 0.6 is 34.5 Å². The summed E-state index contributed by atoms with van der Waals surface area (Å²) in [5, 5.41) is 5.30. The highest BCUT2D eigenvalue weighted by molar-refractivity contribution is 7.14. The zero-order valence-corrected chi connectivity index (χ0v) is 14.7. The monoisotopic (exact) mass is 368 g/mol. The van der Waals surface area contributed by atoms with Gasteiger partial charge in [-0.2, -0.15) is 0 Å². The number of fused-ring (bicyclic) bond motifs is 1. The second kappa shape index (κ2) is 5.10. The lowest BCUT2D eigenvalue weighted by atomic mass is 10.1. The molecule has 0 bridgehead atoms. The van der Waals surface area contributed by atoms with Crippen molar-refractivity contribution in [2.24, 2.45) is 5.41 Å². The summed E-state index contributed by atoms with van der Waals surface area (Å²) < 4.78 is 4.54.